The fraction of sp³-hybridized carbons (Fsp3) is 0.600. The first-order chi connectivity index (χ1) is 6.71. The van der Waals surface area contributed by atoms with Gasteiger partial charge in [0.15, 0.2) is 0 Å². The van der Waals surface area contributed by atoms with E-state index in [1.54, 1.807) is 12.4 Å². The molecule has 1 aromatic rings. The average Bonchev–Trinajstić information content (AvgIpc) is 2.48. The van der Waals surface area contributed by atoms with Crippen LogP contribution in [0.5, 0.6) is 0 Å². The number of nitrogens with zero attached hydrogens (tertiary/aromatic N) is 2. The Morgan fingerprint density at radius 1 is 1.50 bits per heavy atom. The molecule has 0 aromatic carbocycles. The lowest BCUT2D eigenvalue weighted by Crippen LogP contribution is -2.41. The van der Waals surface area contributed by atoms with Crippen molar-refractivity contribution in [3.05, 3.63) is 18.5 Å². The fourth-order valence-electron chi connectivity index (χ4n) is 1.62. The van der Waals surface area contributed by atoms with Gasteiger partial charge in [0.2, 0.25) is 5.95 Å². The fourth-order valence-corrected chi connectivity index (χ4v) is 1.62. The van der Waals surface area contributed by atoms with E-state index >= 15 is 0 Å². The minimum Gasteiger partial charge on any atom is -0.376 e. The first-order valence-corrected chi connectivity index (χ1v) is 4.87. The van der Waals surface area contributed by atoms with Gasteiger partial charge in [0.1, 0.15) is 0 Å². The van der Waals surface area contributed by atoms with Crippen molar-refractivity contribution in [1.29, 1.82) is 0 Å². The van der Waals surface area contributed by atoms with E-state index in [-0.39, 0.29) is 11.6 Å². The maximum absolute atomic E-state index is 5.52. The Labute approximate surface area is 83.7 Å². The molecule has 2 rings (SSSR count). The van der Waals surface area contributed by atoms with Crippen LogP contribution in [0.15, 0.2) is 18.5 Å². The number of hydrogen-bond acceptors (Lipinski definition) is 4. The molecule has 0 saturated carbocycles. The van der Waals surface area contributed by atoms with Crippen LogP contribution < -0.4 is 5.32 Å². The summed E-state index contributed by atoms with van der Waals surface area (Å²) in [6.45, 7) is 5.02. The number of anilines is 1. The highest BCUT2D eigenvalue weighted by Gasteiger charge is 2.37. The molecule has 1 saturated heterocycles. The van der Waals surface area contributed by atoms with Crippen LogP contribution in [0, 0.1) is 0 Å². The molecule has 76 valence electrons. The third-order valence-electron chi connectivity index (χ3n) is 2.85. The molecule has 0 spiro atoms. The average molecular weight is 193 g/mol. The quantitative estimate of drug-likeness (QED) is 0.772. The Bertz CT molecular complexity index is 303. The lowest BCUT2D eigenvalue weighted by Gasteiger charge is -2.28. The van der Waals surface area contributed by atoms with Crippen molar-refractivity contribution in [3.8, 4) is 0 Å². The molecular formula is C10H15N3O. The van der Waals surface area contributed by atoms with Gasteiger partial charge >= 0.3 is 0 Å². The smallest absolute Gasteiger partial charge is 0.223 e. The molecule has 1 aliphatic rings. The maximum Gasteiger partial charge on any atom is 0.223 e. The van der Waals surface area contributed by atoms with Crippen LogP contribution >= 0.6 is 0 Å². The van der Waals surface area contributed by atoms with Gasteiger partial charge in [-0.2, -0.15) is 0 Å². The van der Waals surface area contributed by atoms with E-state index in [4.69, 9.17) is 4.74 Å². The summed E-state index contributed by atoms with van der Waals surface area (Å²) in [5.41, 5.74) is -0.0403. The van der Waals surface area contributed by atoms with E-state index in [1.807, 2.05) is 6.07 Å². The zero-order valence-corrected chi connectivity index (χ0v) is 8.53. The van der Waals surface area contributed by atoms with Crippen LogP contribution in [0.1, 0.15) is 20.3 Å². The van der Waals surface area contributed by atoms with Gasteiger partial charge in [-0.1, -0.05) is 0 Å². The molecule has 1 fully saturated rings. The van der Waals surface area contributed by atoms with Crippen LogP contribution in [0.3, 0.4) is 0 Å². The first kappa shape index (κ1) is 9.40. The van der Waals surface area contributed by atoms with E-state index in [2.05, 4.69) is 29.1 Å². The molecule has 1 aliphatic heterocycles. The van der Waals surface area contributed by atoms with Gasteiger partial charge in [-0.15, -0.1) is 0 Å². The topological polar surface area (TPSA) is 47.0 Å². The van der Waals surface area contributed by atoms with Crippen LogP contribution in [-0.2, 0) is 4.74 Å². The molecule has 1 aromatic heterocycles. The van der Waals surface area contributed by atoms with Gasteiger partial charge in [0, 0.05) is 19.0 Å². The maximum atomic E-state index is 5.52. The second kappa shape index (κ2) is 3.53. The van der Waals surface area contributed by atoms with Crippen LogP contribution in [0.2, 0.25) is 0 Å². The highest BCUT2D eigenvalue weighted by atomic mass is 16.5. The van der Waals surface area contributed by atoms with E-state index < -0.39 is 0 Å². The molecular weight excluding hydrogens is 178 g/mol. The largest absolute Gasteiger partial charge is 0.376 e. The highest BCUT2D eigenvalue weighted by Crippen LogP contribution is 2.27. The summed E-state index contributed by atoms with van der Waals surface area (Å²) in [6, 6.07) is 1.81. The Balaban J connectivity index is 2.10. The van der Waals surface area contributed by atoms with E-state index in [9.17, 15) is 0 Å². The Kier molecular flexibility index (Phi) is 2.37. The summed E-state index contributed by atoms with van der Waals surface area (Å²) in [6.07, 6.45) is 4.66. The molecule has 4 heteroatoms. The normalized spacial score (nSPS) is 31.7. The number of rotatable bonds is 2. The Morgan fingerprint density at radius 2 is 2.21 bits per heavy atom. The Morgan fingerprint density at radius 3 is 2.79 bits per heavy atom. The molecule has 14 heavy (non-hydrogen) atoms. The standard InChI is InChI=1S/C10H15N3O/c1-8-10(2,4-7-14-8)13-9-11-5-3-6-12-9/h3,5-6,8H,4,7H2,1-2H3,(H,11,12,13). The summed E-state index contributed by atoms with van der Waals surface area (Å²) in [5.74, 6) is 0.673. The molecule has 4 nitrogen and oxygen atoms in total. The summed E-state index contributed by atoms with van der Waals surface area (Å²) >= 11 is 0. The third-order valence-corrected chi connectivity index (χ3v) is 2.85. The van der Waals surface area contributed by atoms with E-state index in [1.165, 1.54) is 0 Å². The molecule has 2 unspecified atom stereocenters. The molecule has 1 N–H and O–H groups in total. The van der Waals surface area contributed by atoms with Crippen molar-refractivity contribution in [3.63, 3.8) is 0 Å². The monoisotopic (exact) mass is 193 g/mol. The van der Waals surface area contributed by atoms with Crippen molar-refractivity contribution in [2.24, 2.45) is 0 Å². The number of ether oxygens (including phenoxy) is 1. The molecule has 0 aliphatic carbocycles. The minimum atomic E-state index is -0.0403. The lowest BCUT2D eigenvalue weighted by atomic mass is 9.95. The third kappa shape index (κ3) is 1.70. The number of aromatic nitrogens is 2. The van der Waals surface area contributed by atoms with Crippen molar-refractivity contribution < 1.29 is 4.74 Å². The second-order valence-electron chi connectivity index (χ2n) is 3.88. The summed E-state index contributed by atoms with van der Waals surface area (Å²) in [4.78, 5) is 8.29. The predicted molar refractivity (Wildman–Crippen MR) is 54.1 cm³/mol. The first-order valence-electron chi connectivity index (χ1n) is 4.87. The molecule has 0 radical (unpaired) electrons. The van der Waals surface area contributed by atoms with Gasteiger partial charge in [0.05, 0.1) is 11.6 Å². The van der Waals surface area contributed by atoms with Crippen molar-refractivity contribution in [2.75, 3.05) is 11.9 Å². The molecule has 2 heterocycles. The van der Waals surface area contributed by atoms with Crippen molar-refractivity contribution in [1.82, 2.24) is 9.97 Å². The lowest BCUT2D eigenvalue weighted by molar-refractivity contribution is 0.105. The number of hydrogen-bond donors (Lipinski definition) is 1. The Hall–Kier alpha value is -1.16. The zero-order chi connectivity index (χ0) is 10.0. The van der Waals surface area contributed by atoms with Crippen molar-refractivity contribution >= 4 is 5.95 Å². The highest BCUT2D eigenvalue weighted by molar-refractivity contribution is 5.29. The van der Waals surface area contributed by atoms with Gasteiger partial charge < -0.3 is 10.1 Å². The molecule has 0 amide bonds. The van der Waals surface area contributed by atoms with Crippen LogP contribution in [0.4, 0.5) is 5.95 Å². The summed E-state index contributed by atoms with van der Waals surface area (Å²) in [5, 5.41) is 3.32. The van der Waals surface area contributed by atoms with Gasteiger partial charge in [-0.25, -0.2) is 9.97 Å². The summed E-state index contributed by atoms with van der Waals surface area (Å²) in [7, 11) is 0. The SMILES string of the molecule is CC1OCCC1(C)Nc1ncccn1. The zero-order valence-electron chi connectivity index (χ0n) is 8.53. The van der Waals surface area contributed by atoms with Gasteiger partial charge in [-0.3, -0.25) is 0 Å². The van der Waals surface area contributed by atoms with Gasteiger partial charge in [0.25, 0.3) is 0 Å². The van der Waals surface area contributed by atoms with Crippen LogP contribution in [-0.4, -0.2) is 28.2 Å². The second-order valence-corrected chi connectivity index (χ2v) is 3.88. The molecule has 2 atom stereocenters. The number of nitrogens with one attached hydrogen (secondary N) is 1. The predicted octanol–water partition coefficient (Wildman–Crippen LogP) is 1.46. The van der Waals surface area contributed by atoms with Crippen molar-refractivity contribution in [2.45, 2.75) is 31.9 Å². The molecule has 0 bridgehead atoms. The van der Waals surface area contributed by atoms with E-state index in [0.717, 1.165) is 13.0 Å². The van der Waals surface area contributed by atoms with Gasteiger partial charge in [-0.05, 0) is 26.3 Å². The summed E-state index contributed by atoms with van der Waals surface area (Å²) < 4.78 is 5.52. The van der Waals surface area contributed by atoms with Crippen LogP contribution in [0.25, 0.3) is 0 Å². The minimum absolute atomic E-state index is 0.0403. The van der Waals surface area contributed by atoms with E-state index in [0.29, 0.717) is 5.95 Å².